The molecule has 5 heteroatoms. The van der Waals surface area contributed by atoms with Crippen molar-refractivity contribution in [2.75, 3.05) is 0 Å². The molecule has 0 aliphatic heterocycles. The molecule has 0 saturated heterocycles. The zero-order chi connectivity index (χ0) is 13.3. The first-order valence-electron chi connectivity index (χ1n) is 5.90. The van der Waals surface area contributed by atoms with Gasteiger partial charge in [0.2, 0.25) is 0 Å². The quantitative estimate of drug-likeness (QED) is 0.816. The molecule has 2 nitrogen and oxygen atoms in total. The van der Waals surface area contributed by atoms with Gasteiger partial charge >= 0.3 is 0 Å². The van der Waals surface area contributed by atoms with Gasteiger partial charge in [0.1, 0.15) is 11.6 Å². The van der Waals surface area contributed by atoms with Crippen molar-refractivity contribution >= 4 is 11.0 Å². The molecule has 0 bridgehead atoms. The summed E-state index contributed by atoms with van der Waals surface area (Å²) >= 11 is 0. The highest BCUT2D eigenvalue weighted by Gasteiger charge is 2.15. The van der Waals surface area contributed by atoms with Gasteiger partial charge in [0.15, 0.2) is 0 Å². The van der Waals surface area contributed by atoms with E-state index in [1.165, 1.54) is 22.8 Å². The summed E-state index contributed by atoms with van der Waals surface area (Å²) in [6.07, 6.45) is -1.85. The third-order valence-electron chi connectivity index (χ3n) is 2.70. The lowest BCUT2D eigenvalue weighted by molar-refractivity contribution is 0.126. The third kappa shape index (κ3) is 2.66. The van der Waals surface area contributed by atoms with E-state index < -0.39 is 18.8 Å². The number of alkyl halides is 2. The molecule has 0 aliphatic rings. The molecule has 0 saturated carbocycles. The van der Waals surface area contributed by atoms with Crippen LogP contribution >= 0.6 is 0 Å². The Morgan fingerprint density at radius 3 is 2.61 bits per heavy atom. The van der Waals surface area contributed by atoms with Gasteiger partial charge in [-0.05, 0) is 18.1 Å². The number of aromatic nitrogens is 2. The Hall–Kier alpha value is -1.52. The predicted octanol–water partition coefficient (Wildman–Crippen LogP) is 3.64. The average molecular weight is 256 g/mol. The first-order valence-corrected chi connectivity index (χ1v) is 5.90. The van der Waals surface area contributed by atoms with Gasteiger partial charge in [-0.3, -0.25) is 0 Å². The molecular weight excluding hydrogens is 241 g/mol. The van der Waals surface area contributed by atoms with E-state index in [1.54, 1.807) is 0 Å². The number of benzene rings is 1. The maximum atomic E-state index is 13.1. The van der Waals surface area contributed by atoms with Crippen molar-refractivity contribution < 1.29 is 13.2 Å². The molecule has 0 amide bonds. The fourth-order valence-electron chi connectivity index (χ4n) is 2.02. The molecule has 1 aromatic carbocycles. The summed E-state index contributed by atoms with van der Waals surface area (Å²) in [6, 6.07) is 4.05. The zero-order valence-electron chi connectivity index (χ0n) is 10.3. The summed E-state index contributed by atoms with van der Waals surface area (Å²) in [4.78, 5) is 4.26. The second kappa shape index (κ2) is 5.00. The summed E-state index contributed by atoms with van der Waals surface area (Å²) in [5.74, 6) is 0.495. The predicted molar refractivity (Wildman–Crippen MR) is 64.2 cm³/mol. The monoisotopic (exact) mass is 256 g/mol. The molecule has 1 heterocycles. The van der Waals surface area contributed by atoms with E-state index in [1.807, 2.05) is 13.8 Å². The molecule has 0 radical (unpaired) electrons. The van der Waals surface area contributed by atoms with E-state index in [0.29, 0.717) is 29.2 Å². The summed E-state index contributed by atoms with van der Waals surface area (Å²) in [7, 11) is 0. The van der Waals surface area contributed by atoms with Gasteiger partial charge in [0.05, 0.1) is 17.6 Å². The Morgan fingerprint density at radius 1 is 1.28 bits per heavy atom. The second-order valence-corrected chi connectivity index (χ2v) is 4.76. The molecule has 98 valence electrons. The minimum absolute atomic E-state index is 0.308. The lowest BCUT2D eigenvalue weighted by Gasteiger charge is -2.09. The third-order valence-corrected chi connectivity index (χ3v) is 2.70. The molecule has 0 spiro atoms. The second-order valence-electron chi connectivity index (χ2n) is 4.76. The Kier molecular flexibility index (Phi) is 3.59. The molecule has 2 aromatic rings. The van der Waals surface area contributed by atoms with Gasteiger partial charge in [-0.15, -0.1) is 0 Å². The summed E-state index contributed by atoms with van der Waals surface area (Å²) in [5.41, 5.74) is 0.999. The minimum atomic E-state index is -2.45. The SMILES string of the molecule is CC(C)Cc1nc2cc(F)ccc2n1CC(F)F. The number of hydrogen-bond donors (Lipinski definition) is 0. The van der Waals surface area contributed by atoms with Gasteiger partial charge < -0.3 is 4.57 Å². The first kappa shape index (κ1) is 12.9. The van der Waals surface area contributed by atoms with Gasteiger partial charge in [0.25, 0.3) is 6.43 Å². The van der Waals surface area contributed by atoms with Crippen molar-refractivity contribution in [2.24, 2.45) is 5.92 Å². The number of halogens is 3. The van der Waals surface area contributed by atoms with Crippen molar-refractivity contribution in [1.82, 2.24) is 9.55 Å². The van der Waals surface area contributed by atoms with Crippen LogP contribution in [0.4, 0.5) is 13.2 Å². The maximum absolute atomic E-state index is 13.1. The highest BCUT2D eigenvalue weighted by atomic mass is 19.3. The van der Waals surface area contributed by atoms with Gasteiger partial charge in [-0.25, -0.2) is 18.2 Å². The van der Waals surface area contributed by atoms with E-state index in [9.17, 15) is 13.2 Å². The summed E-state index contributed by atoms with van der Waals surface area (Å²) in [5, 5.41) is 0. The van der Waals surface area contributed by atoms with E-state index >= 15 is 0 Å². The molecular formula is C13H15F3N2. The first-order chi connectivity index (χ1) is 8.47. The Labute approximate surface area is 103 Å². The topological polar surface area (TPSA) is 17.8 Å². The Morgan fingerprint density at radius 2 is 2.00 bits per heavy atom. The molecule has 0 aliphatic carbocycles. The number of rotatable bonds is 4. The molecule has 1 aromatic heterocycles. The fourth-order valence-corrected chi connectivity index (χ4v) is 2.02. The number of fused-ring (bicyclic) bond motifs is 1. The van der Waals surface area contributed by atoms with Crippen LogP contribution in [0.15, 0.2) is 18.2 Å². The average Bonchev–Trinajstić information content (AvgIpc) is 2.54. The van der Waals surface area contributed by atoms with Crippen molar-refractivity contribution in [3.63, 3.8) is 0 Å². The van der Waals surface area contributed by atoms with Crippen LogP contribution < -0.4 is 0 Å². The number of imidazole rings is 1. The maximum Gasteiger partial charge on any atom is 0.256 e. The van der Waals surface area contributed by atoms with Crippen molar-refractivity contribution in [1.29, 1.82) is 0 Å². The molecule has 0 unspecified atom stereocenters. The largest absolute Gasteiger partial charge is 0.322 e. The Balaban J connectivity index is 2.52. The van der Waals surface area contributed by atoms with Crippen LogP contribution in [0.2, 0.25) is 0 Å². The van der Waals surface area contributed by atoms with Crippen LogP contribution in [0.5, 0.6) is 0 Å². The van der Waals surface area contributed by atoms with Crippen LogP contribution in [-0.4, -0.2) is 16.0 Å². The standard InChI is InChI=1S/C13H15F3N2/c1-8(2)5-13-17-10-6-9(14)3-4-11(10)18(13)7-12(15)16/h3-4,6,8,12H,5,7H2,1-2H3. The van der Waals surface area contributed by atoms with Gasteiger partial charge in [-0.1, -0.05) is 13.8 Å². The van der Waals surface area contributed by atoms with Crippen LogP contribution in [-0.2, 0) is 13.0 Å². The molecule has 0 atom stereocenters. The zero-order valence-corrected chi connectivity index (χ0v) is 10.3. The van der Waals surface area contributed by atoms with E-state index in [0.717, 1.165) is 0 Å². The Bertz CT molecular complexity index is 546. The lowest BCUT2D eigenvalue weighted by Crippen LogP contribution is -2.12. The highest BCUT2D eigenvalue weighted by molar-refractivity contribution is 5.76. The smallest absolute Gasteiger partial charge is 0.256 e. The molecule has 0 fully saturated rings. The molecule has 18 heavy (non-hydrogen) atoms. The molecule has 0 N–H and O–H groups in total. The van der Waals surface area contributed by atoms with E-state index in [2.05, 4.69) is 4.98 Å². The van der Waals surface area contributed by atoms with Crippen molar-refractivity contribution in [3.05, 3.63) is 29.8 Å². The lowest BCUT2D eigenvalue weighted by atomic mass is 10.1. The van der Waals surface area contributed by atoms with Crippen LogP contribution in [0.25, 0.3) is 11.0 Å². The highest BCUT2D eigenvalue weighted by Crippen LogP contribution is 2.20. The normalized spacial score (nSPS) is 11.9. The van der Waals surface area contributed by atoms with Gasteiger partial charge in [0, 0.05) is 12.5 Å². The van der Waals surface area contributed by atoms with Crippen LogP contribution in [0, 0.1) is 11.7 Å². The van der Waals surface area contributed by atoms with Gasteiger partial charge in [-0.2, -0.15) is 0 Å². The minimum Gasteiger partial charge on any atom is -0.322 e. The van der Waals surface area contributed by atoms with E-state index in [4.69, 9.17) is 0 Å². The van der Waals surface area contributed by atoms with Crippen molar-refractivity contribution in [3.8, 4) is 0 Å². The van der Waals surface area contributed by atoms with E-state index in [-0.39, 0.29) is 0 Å². The summed E-state index contributed by atoms with van der Waals surface area (Å²) < 4.78 is 39.8. The number of hydrogen-bond acceptors (Lipinski definition) is 1. The number of nitrogens with zero attached hydrogens (tertiary/aromatic N) is 2. The fraction of sp³-hybridized carbons (Fsp3) is 0.462. The summed E-state index contributed by atoms with van der Waals surface area (Å²) in [6.45, 7) is 3.59. The molecule has 2 rings (SSSR count). The van der Waals surface area contributed by atoms with Crippen LogP contribution in [0.3, 0.4) is 0 Å². The van der Waals surface area contributed by atoms with Crippen molar-refractivity contribution in [2.45, 2.75) is 33.2 Å². The van der Waals surface area contributed by atoms with Crippen LogP contribution in [0.1, 0.15) is 19.7 Å².